The first-order chi connectivity index (χ1) is 13.7. The van der Waals surface area contributed by atoms with E-state index in [1.54, 1.807) is 13.8 Å². The Labute approximate surface area is 174 Å². The van der Waals surface area contributed by atoms with Crippen LogP contribution in [0.15, 0.2) is 35.2 Å². The summed E-state index contributed by atoms with van der Waals surface area (Å²) in [6.07, 6.45) is -2.86. The number of benzene rings is 1. The first-order valence-electron chi connectivity index (χ1n) is 9.50. The van der Waals surface area contributed by atoms with Crippen molar-refractivity contribution < 1.29 is 33.6 Å². The number of ether oxygens (including phenoxy) is 4. The molecular formula is C20H27NO7S. The van der Waals surface area contributed by atoms with E-state index < -0.39 is 47.7 Å². The lowest BCUT2D eigenvalue weighted by Crippen LogP contribution is -2.68. The van der Waals surface area contributed by atoms with Crippen LogP contribution >= 0.6 is 11.8 Å². The van der Waals surface area contributed by atoms with E-state index in [1.165, 1.54) is 25.6 Å². The summed E-state index contributed by atoms with van der Waals surface area (Å²) in [6, 6.07) is 9.01. The van der Waals surface area contributed by atoms with Crippen LogP contribution in [-0.4, -0.2) is 65.3 Å². The van der Waals surface area contributed by atoms with Crippen LogP contribution in [0.25, 0.3) is 0 Å². The van der Waals surface area contributed by atoms with Crippen LogP contribution in [0.1, 0.15) is 27.7 Å². The SMILES string of the molecule is CC(=O)NC1C(Sc2ccccc2)OC2COC(C)(C)OC2C1OC(C)C(=O)O. The number of hydrogen-bond acceptors (Lipinski definition) is 7. The fourth-order valence-corrected chi connectivity index (χ4v) is 4.55. The van der Waals surface area contributed by atoms with Gasteiger partial charge in [0.05, 0.1) is 12.6 Å². The van der Waals surface area contributed by atoms with Crippen molar-refractivity contribution in [1.82, 2.24) is 5.32 Å². The minimum atomic E-state index is -1.09. The lowest BCUT2D eigenvalue weighted by atomic mass is 9.95. The van der Waals surface area contributed by atoms with Crippen LogP contribution in [0.5, 0.6) is 0 Å². The Morgan fingerprint density at radius 1 is 1.31 bits per heavy atom. The number of amides is 1. The molecule has 9 heteroatoms. The molecule has 6 unspecified atom stereocenters. The lowest BCUT2D eigenvalue weighted by molar-refractivity contribution is -0.347. The Kier molecular flexibility index (Phi) is 6.85. The summed E-state index contributed by atoms with van der Waals surface area (Å²) in [6.45, 7) is 6.69. The summed E-state index contributed by atoms with van der Waals surface area (Å²) < 4.78 is 23.9. The highest BCUT2D eigenvalue weighted by Crippen LogP contribution is 2.39. The number of thioether (sulfide) groups is 1. The van der Waals surface area contributed by atoms with Gasteiger partial charge in [-0.15, -0.1) is 0 Å². The van der Waals surface area contributed by atoms with Gasteiger partial charge in [-0.3, -0.25) is 4.79 Å². The zero-order valence-electron chi connectivity index (χ0n) is 16.9. The molecule has 2 N–H and O–H groups in total. The van der Waals surface area contributed by atoms with Gasteiger partial charge in [0.15, 0.2) is 11.9 Å². The van der Waals surface area contributed by atoms with E-state index in [0.29, 0.717) is 0 Å². The molecule has 0 radical (unpaired) electrons. The first kappa shape index (κ1) is 22.0. The molecule has 1 aromatic rings. The molecule has 0 aliphatic carbocycles. The molecule has 2 heterocycles. The minimum Gasteiger partial charge on any atom is -0.479 e. The van der Waals surface area contributed by atoms with Gasteiger partial charge in [-0.2, -0.15) is 0 Å². The molecule has 0 aromatic heterocycles. The fourth-order valence-electron chi connectivity index (χ4n) is 3.40. The average Bonchev–Trinajstić information content (AvgIpc) is 2.64. The zero-order valence-corrected chi connectivity index (χ0v) is 17.7. The molecule has 1 aromatic carbocycles. The number of hydrogen-bond donors (Lipinski definition) is 2. The largest absolute Gasteiger partial charge is 0.479 e. The van der Waals surface area contributed by atoms with E-state index in [9.17, 15) is 14.7 Å². The standard InChI is InChI=1S/C20H27NO7S/c1-11(18(23)24)26-17-15(21-12(2)22)19(29-13-8-6-5-7-9-13)27-14-10-25-20(3,4)28-16(14)17/h5-9,11,14-17,19H,10H2,1-4H3,(H,21,22)(H,23,24). The van der Waals surface area contributed by atoms with Crippen LogP contribution in [0.4, 0.5) is 0 Å². The molecule has 1 amide bonds. The molecule has 2 aliphatic heterocycles. The third kappa shape index (κ3) is 5.49. The van der Waals surface area contributed by atoms with Crippen molar-refractivity contribution in [2.45, 2.75) is 74.3 Å². The molecule has 0 bridgehead atoms. The van der Waals surface area contributed by atoms with E-state index in [1.807, 2.05) is 30.3 Å². The number of carbonyl (C=O) groups excluding carboxylic acids is 1. The van der Waals surface area contributed by atoms with Gasteiger partial charge in [-0.05, 0) is 32.9 Å². The molecule has 6 atom stereocenters. The zero-order chi connectivity index (χ0) is 21.2. The lowest BCUT2D eigenvalue weighted by Gasteiger charge is -2.51. The van der Waals surface area contributed by atoms with Gasteiger partial charge in [0, 0.05) is 11.8 Å². The van der Waals surface area contributed by atoms with Crippen LogP contribution < -0.4 is 5.32 Å². The molecule has 3 rings (SSSR count). The second-order valence-corrected chi connectivity index (χ2v) is 8.75. The van der Waals surface area contributed by atoms with E-state index >= 15 is 0 Å². The molecule has 29 heavy (non-hydrogen) atoms. The van der Waals surface area contributed by atoms with Crippen LogP contribution in [0.3, 0.4) is 0 Å². The number of aliphatic carboxylic acids is 1. The topological polar surface area (TPSA) is 103 Å². The molecule has 160 valence electrons. The van der Waals surface area contributed by atoms with E-state index in [2.05, 4.69) is 5.32 Å². The molecule has 8 nitrogen and oxygen atoms in total. The summed E-state index contributed by atoms with van der Waals surface area (Å²) in [5.41, 5.74) is -0.512. The number of carboxylic acids is 1. The Morgan fingerprint density at radius 3 is 2.62 bits per heavy atom. The van der Waals surface area contributed by atoms with Crippen LogP contribution in [0.2, 0.25) is 0 Å². The van der Waals surface area contributed by atoms with Crippen LogP contribution in [0, 0.1) is 0 Å². The maximum atomic E-state index is 11.9. The van der Waals surface area contributed by atoms with Gasteiger partial charge in [0.1, 0.15) is 23.7 Å². The summed E-state index contributed by atoms with van der Waals surface area (Å²) in [5, 5.41) is 12.2. The van der Waals surface area contributed by atoms with Crippen molar-refractivity contribution >= 4 is 23.6 Å². The van der Waals surface area contributed by atoms with Crippen molar-refractivity contribution in [3.63, 3.8) is 0 Å². The number of carbonyl (C=O) groups is 2. The highest BCUT2D eigenvalue weighted by molar-refractivity contribution is 7.99. The van der Waals surface area contributed by atoms with Gasteiger partial charge in [0.2, 0.25) is 5.91 Å². The monoisotopic (exact) mass is 425 g/mol. The van der Waals surface area contributed by atoms with Crippen molar-refractivity contribution in [1.29, 1.82) is 0 Å². The second-order valence-electron chi connectivity index (χ2n) is 7.57. The molecule has 2 aliphatic rings. The number of nitrogens with one attached hydrogen (secondary N) is 1. The Bertz CT molecular complexity index is 729. The average molecular weight is 426 g/mol. The maximum absolute atomic E-state index is 11.9. The smallest absolute Gasteiger partial charge is 0.332 e. The van der Waals surface area contributed by atoms with Crippen molar-refractivity contribution in [3.05, 3.63) is 30.3 Å². The van der Waals surface area contributed by atoms with Gasteiger partial charge in [-0.1, -0.05) is 30.0 Å². The first-order valence-corrected chi connectivity index (χ1v) is 10.4. The Hall–Kier alpha value is -1.65. The van der Waals surface area contributed by atoms with E-state index in [-0.39, 0.29) is 12.5 Å². The Balaban J connectivity index is 1.92. The highest BCUT2D eigenvalue weighted by Gasteiger charge is 2.53. The van der Waals surface area contributed by atoms with Gasteiger partial charge in [0.25, 0.3) is 0 Å². The predicted molar refractivity (Wildman–Crippen MR) is 105 cm³/mol. The molecular weight excluding hydrogens is 398 g/mol. The molecule has 0 spiro atoms. The van der Waals surface area contributed by atoms with Crippen molar-refractivity contribution in [3.8, 4) is 0 Å². The van der Waals surface area contributed by atoms with Crippen LogP contribution in [-0.2, 0) is 28.5 Å². The van der Waals surface area contributed by atoms with Gasteiger partial charge >= 0.3 is 5.97 Å². The third-order valence-electron chi connectivity index (χ3n) is 4.74. The number of rotatable bonds is 6. The molecule has 2 fully saturated rings. The maximum Gasteiger partial charge on any atom is 0.332 e. The summed E-state index contributed by atoms with van der Waals surface area (Å²) in [5.74, 6) is -2.23. The summed E-state index contributed by atoms with van der Waals surface area (Å²) in [4.78, 5) is 24.3. The molecule has 2 saturated heterocycles. The summed E-state index contributed by atoms with van der Waals surface area (Å²) >= 11 is 1.43. The molecule has 0 saturated carbocycles. The van der Waals surface area contributed by atoms with Gasteiger partial charge < -0.3 is 29.4 Å². The Morgan fingerprint density at radius 2 is 2.00 bits per heavy atom. The highest BCUT2D eigenvalue weighted by atomic mass is 32.2. The van der Waals surface area contributed by atoms with Crippen molar-refractivity contribution in [2.75, 3.05) is 6.61 Å². The van der Waals surface area contributed by atoms with E-state index in [4.69, 9.17) is 18.9 Å². The predicted octanol–water partition coefficient (Wildman–Crippen LogP) is 2.02. The second kappa shape index (κ2) is 9.01. The van der Waals surface area contributed by atoms with Crippen molar-refractivity contribution in [2.24, 2.45) is 0 Å². The third-order valence-corrected chi connectivity index (χ3v) is 5.92. The van der Waals surface area contributed by atoms with Gasteiger partial charge in [-0.25, -0.2) is 4.79 Å². The minimum absolute atomic E-state index is 0.265. The van der Waals surface area contributed by atoms with E-state index in [0.717, 1.165) is 4.90 Å². The number of fused-ring (bicyclic) bond motifs is 1. The quantitative estimate of drug-likeness (QED) is 0.714. The summed E-state index contributed by atoms with van der Waals surface area (Å²) in [7, 11) is 0. The fraction of sp³-hybridized carbons (Fsp3) is 0.600. The normalized spacial score (nSPS) is 32.1. The number of carboxylic acid groups (broad SMARTS) is 1.